The zero-order valence-electron chi connectivity index (χ0n) is 11.9. The van der Waals surface area contributed by atoms with Gasteiger partial charge >= 0.3 is 0 Å². The average molecular weight is 225 g/mol. The Morgan fingerprint density at radius 3 is 1.75 bits per heavy atom. The Bertz CT molecular complexity index is 115. The second-order valence-corrected chi connectivity index (χ2v) is 5.50. The van der Waals surface area contributed by atoms with Gasteiger partial charge in [0.2, 0.25) is 0 Å². The molecule has 0 fully saturated rings. The van der Waals surface area contributed by atoms with Gasteiger partial charge in [-0.25, -0.2) is 0 Å². The minimum absolute atomic E-state index is 0.898. The summed E-state index contributed by atoms with van der Waals surface area (Å²) in [7, 11) is 0. The van der Waals surface area contributed by atoms with Crippen molar-refractivity contribution < 1.29 is 0 Å². The molecule has 0 aromatic heterocycles. The molecule has 0 aliphatic heterocycles. The highest BCUT2D eigenvalue weighted by Gasteiger charge is 1.95. The van der Waals surface area contributed by atoms with Crippen LogP contribution >= 0.6 is 0 Å². The van der Waals surface area contributed by atoms with Crippen LogP contribution in [-0.2, 0) is 0 Å². The molecule has 0 saturated carbocycles. The van der Waals surface area contributed by atoms with Crippen LogP contribution in [-0.4, -0.2) is 0 Å². The SMILES string of the molecule is CC[CH]CCCCCCCCCCC(C)C. The molecule has 0 spiro atoms. The Hall–Kier alpha value is 0. The lowest BCUT2D eigenvalue weighted by Crippen LogP contribution is -1.87. The first kappa shape index (κ1) is 16.0. The fourth-order valence-electron chi connectivity index (χ4n) is 2.11. The van der Waals surface area contributed by atoms with Gasteiger partial charge in [0.25, 0.3) is 0 Å². The molecule has 0 bridgehead atoms. The molecule has 0 N–H and O–H groups in total. The van der Waals surface area contributed by atoms with E-state index in [-0.39, 0.29) is 0 Å². The van der Waals surface area contributed by atoms with Gasteiger partial charge in [-0.15, -0.1) is 0 Å². The summed E-state index contributed by atoms with van der Waals surface area (Å²) in [5, 5.41) is 0. The van der Waals surface area contributed by atoms with E-state index < -0.39 is 0 Å². The fourth-order valence-corrected chi connectivity index (χ4v) is 2.11. The second-order valence-electron chi connectivity index (χ2n) is 5.50. The standard InChI is InChI=1S/C16H33/c1-4-5-6-7-8-9-10-11-12-13-14-15-16(2)3/h5,16H,4,6-15H2,1-3H3. The highest BCUT2D eigenvalue weighted by atomic mass is 14.0. The van der Waals surface area contributed by atoms with E-state index in [1.807, 2.05) is 0 Å². The van der Waals surface area contributed by atoms with Crippen molar-refractivity contribution in [2.75, 3.05) is 0 Å². The molecule has 0 heteroatoms. The van der Waals surface area contributed by atoms with Crippen LogP contribution in [0.1, 0.15) is 91.4 Å². The molecule has 97 valence electrons. The minimum Gasteiger partial charge on any atom is -0.0651 e. The summed E-state index contributed by atoms with van der Waals surface area (Å²) >= 11 is 0. The summed E-state index contributed by atoms with van der Waals surface area (Å²) in [5.41, 5.74) is 0. The predicted octanol–water partition coefficient (Wildman–Crippen LogP) is 6.16. The van der Waals surface area contributed by atoms with Crippen molar-refractivity contribution in [2.45, 2.75) is 91.4 Å². The molecule has 0 heterocycles. The zero-order chi connectivity index (χ0) is 12.1. The van der Waals surface area contributed by atoms with Crippen LogP contribution in [0.4, 0.5) is 0 Å². The van der Waals surface area contributed by atoms with Crippen molar-refractivity contribution in [1.29, 1.82) is 0 Å². The first-order valence-corrected chi connectivity index (χ1v) is 7.59. The normalized spacial score (nSPS) is 11.2. The average Bonchev–Trinajstić information content (AvgIpc) is 2.25. The van der Waals surface area contributed by atoms with E-state index in [0.717, 1.165) is 5.92 Å². The van der Waals surface area contributed by atoms with Gasteiger partial charge in [0, 0.05) is 0 Å². The quantitative estimate of drug-likeness (QED) is 0.349. The van der Waals surface area contributed by atoms with Gasteiger partial charge in [-0.05, 0) is 12.3 Å². The van der Waals surface area contributed by atoms with Crippen molar-refractivity contribution in [3.05, 3.63) is 6.42 Å². The highest BCUT2D eigenvalue weighted by Crippen LogP contribution is 2.13. The van der Waals surface area contributed by atoms with E-state index in [1.165, 1.54) is 70.6 Å². The Morgan fingerprint density at radius 2 is 1.25 bits per heavy atom. The van der Waals surface area contributed by atoms with Crippen molar-refractivity contribution in [1.82, 2.24) is 0 Å². The first-order chi connectivity index (χ1) is 7.77. The zero-order valence-corrected chi connectivity index (χ0v) is 11.9. The monoisotopic (exact) mass is 225 g/mol. The third kappa shape index (κ3) is 14.0. The number of hydrogen-bond donors (Lipinski definition) is 0. The van der Waals surface area contributed by atoms with E-state index >= 15 is 0 Å². The summed E-state index contributed by atoms with van der Waals surface area (Å²) < 4.78 is 0. The van der Waals surface area contributed by atoms with Gasteiger partial charge in [-0.1, -0.05) is 91.4 Å². The summed E-state index contributed by atoms with van der Waals surface area (Å²) in [4.78, 5) is 0. The molecule has 0 atom stereocenters. The Kier molecular flexibility index (Phi) is 13.1. The maximum Gasteiger partial charge on any atom is -0.0389 e. The lowest BCUT2D eigenvalue weighted by Gasteiger charge is -2.04. The molecular weight excluding hydrogens is 192 g/mol. The smallest absolute Gasteiger partial charge is 0.0389 e. The van der Waals surface area contributed by atoms with E-state index in [0.29, 0.717) is 0 Å². The molecule has 0 nitrogen and oxygen atoms in total. The molecule has 0 aliphatic rings. The molecular formula is C16H33. The van der Waals surface area contributed by atoms with Crippen LogP contribution in [0.2, 0.25) is 0 Å². The lowest BCUT2D eigenvalue weighted by molar-refractivity contribution is 0.507. The van der Waals surface area contributed by atoms with Crippen LogP contribution in [0.25, 0.3) is 0 Å². The van der Waals surface area contributed by atoms with Crippen molar-refractivity contribution >= 4 is 0 Å². The molecule has 0 aromatic rings. The largest absolute Gasteiger partial charge is 0.0651 e. The number of rotatable bonds is 12. The van der Waals surface area contributed by atoms with E-state index in [4.69, 9.17) is 0 Å². The molecule has 1 radical (unpaired) electrons. The van der Waals surface area contributed by atoms with E-state index in [9.17, 15) is 0 Å². The fraction of sp³-hybridized carbons (Fsp3) is 0.938. The third-order valence-corrected chi connectivity index (χ3v) is 3.23. The van der Waals surface area contributed by atoms with Crippen molar-refractivity contribution in [2.24, 2.45) is 5.92 Å². The van der Waals surface area contributed by atoms with Crippen LogP contribution in [0.5, 0.6) is 0 Å². The molecule has 16 heavy (non-hydrogen) atoms. The second kappa shape index (κ2) is 13.1. The molecule has 0 unspecified atom stereocenters. The summed E-state index contributed by atoms with van der Waals surface area (Å²) in [6.07, 6.45) is 18.0. The number of unbranched alkanes of at least 4 members (excludes halogenated alkanes) is 10. The van der Waals surface area contributed by atoms with Gasteiger partial charge in [0.15, 0.2) is 0 Å². The van der Waals surface area contributed by atoms with Gasteiger partial charge in [0.05, 0.1) is 0 Å². The van der Waals surface area contributed by atoms with Crippen LogP contribution < -0.4 is 0 Å². The van der Waals surface area contributed by atoms with Gasteiger partial charge in [-0.2, -0.15) is 0 Å². The molecule has 0 aromatic carbocycles. The minimum atomic E-state index is 0.898. The van der Waals surface area contributed by atoms with Crippen LogP contribution in [0.15, 0.2) is 0 Å². The summed E-state index contributed by atoms with van der Waals surface area (Å²) in [5.74, 6) is 0.898. The van der Waals surface area contributed by atoms with Gasteiger partial charge in [-0.3, -0.25) is 0 Å². The first-order valence-electron chi connectivity index (χ1n) is 7.59. The molecule has 0 rings (SSSR count). The predicted molar refractivity (Wildman–Crippen MR) is 75.6 cm³/mol. The molecule has 0 amide bonds. The number of hydrogen-bond acceptors (Lipinski definition) is 0. The van der Waals surface area contributed by atoms with Crippen LogP contribution in [0.3, 0.4) is 0 Å². The molecule has 0 aliphatic carbocycles. The summed E-state index contributed by atoms with van der Waals surface area (Å²) in [6.45, 7) is 6.89. The van der Waals surface area contributed by atoms with E-state index in [1.54, 1.807) is 0 Å². The summed E-state index contributed by atoms with van der Waals surface area (Å²) in [6, 6.07) is 0. The topological polar surface area (TPSA) is 0 Å². The Balaban J connectivity index is 2.88. The Labute approximate surface area is 104 Å². The highest BCUT2D eigenvalue weighted by molar-refractivity contribution is 4.60. The van der Waals surface area contributed by atoms with Crippen LogP contribution in [0, 0.1) is 12.3 Å². The van der Waals surface area contributed by atoms with Gasteiger partial charge in [0.1, 0.15) is 0 Å². The maximum absolute atomic E-state index is 2.41. The van der Waals surface area contributed by atoms with Gasteiger partial charge < -0.3 is 0 Å². The van der Waals surface area contributed by atoms with E-state index in [2.05, 4.69) is 27.2 Å². The third-order valence-electron chi connectivity index (χ3n) is 3.23. The van der Waals surface area contributed by atoms with Crippen molar-refractivity contribution in [3.8, 4) is 0 Å². The lowest BCUT2D eigenvalue weighted by atomic mass is 10.0. The Morgan fingerprint density at radius 1 is 0.750 bits per heavy atom. The maximum atomic E-state index is 2.41. The van der Waals surface area contributed by atoms with Crippen molar-refractivity contribution in [3.63, 3.8) is 0 Å². The molecule has 0 saturated heterocycles.